The van der Waals surface area contributed by atoms with Crippen LogP contribution in [0.3, 0.4) is 0 Å². The monoisotopic (exact) mass is 386 g/mol. The Hall–Kier alpha value is -0.580. The van der Waals surface area contributed by atoms with Gasteiger partial charge in [-0.1, -0.05) is 69.5 Å². The second-order valence-electron chi connectivity index (χ2n) is 4.83. The SMILES string of the molecule is Clc1ccc([C@@]2(CBr)OC[C@@H](c3ccccc3Cl)O2)cc1. The molecule has 2 aromatic rings. The van der Waals surface area contributed by atoms with Crippen LogP contribution in [0.2, 0.25) is 10.0 Å². The zero-order valence-corrected chi connectivity index (χ0v) is 14.2. The molecule has 1 fully saturated rings. The Kier molecular flexibility index (Phi) is 4.57. The van der Waals surface area contributed by atoms with Crippen molar-refractivity contribution in [2.45, 2.75) is 11.9 Å². The van der Waals surface area contributed by atoms with Crippen LogP contribution in [-0.4, -0.2) is 11.9 Å². The molecular weight excluding hydrogens is 375 g/mol. The molecule has 1 aliphatic heterocycles. The van der Waals surface area contributed by atoms with E-state index in [2.05, 4.69) is 15.9 Å². The zero-order chi connectivity index (χ0) is 14.9. The molecule has 0 N–H and O–H groups in total. The summed E-state index contributed by atoms with van der Waals surface area (Å²) in [5, 5.41) is 1.90. The molecule has 0 bridgehead atoms. The van der Waals surface area contributed by atoms with E-state index in [1.54, 1.807) is 0 Å². The van der Waals surface area contributed by atoms with Crippen molar-refractivity contribution >= 4 is 39.1 Å². The van der Waals surface area contributed by atoms with Gasteiger partial charge in [0.25, 0.3) is 0 Å². The molecule has 0 aromatic heterocycles. The number of benzene rings is 2. The van der Waals surface area contributed by atoms with Crippen molar-refractivity contribution in [1.29, 1.82) is 0 Å². The van der Waals surface area contributed by atoms with E-state index >= 15 is 0 Å². The standard InChI is InChI=1S/C16H13BrCl2O2/c17-10-16(11-5-7-12(18)8-6-11)20-9-15(21-16)13-3-1-2-4-14(13)19/h1-8,15H,9-10H2/t15-,16-/m0/s1. The molecule has 2 atom stereocenters. The first kappa shape index (κ1) is 15.3. The molecule has 0 aliphatic carbocycles. The van der Waals surface area contributed by atoms with E-state index in [0.29, 0.717) is 22.0 Å². The number of hydrogen-bond acceptors (Lipinski definition) is 2. The number of ether oxygens (including phenoxy) is 2. The minimum absolute atomic E-state index is 0.188. The highest BCUT2D eigenvalue weighted by Gasteiger charge is 2.43. The van der Waals surface area contributed by atoms with E-state index in [1.807, 2.05) is 48.5 Å². The highest BCUT2D eigenvalue weighted by molar-refractivity contribution is 9.09. The van der Waals surface area contributed by atoms with Crippen LogP contribution < -0.4 is 0 Å². The van der Waals surface area contributed by atoms with E-state index in [1.165, 1.54) is 0 Å². The maximum atomic E-state index is 6.24. The second-order valence-corrected chi connectivity index (χ2v) is 6.24. The number of halogens is 3. The summed E-state index contributed by atoms with van der Waals surface area (Å²) in [5.74, 6) is -0.811. The van der Waals surface area contributed by atoms with E-state index in [0.717, 1.165) is 11.1 Å². The maximum Gasteiger partial charge on any atom is 0.205 e. The first-order chi connectivity index (χ1) is 10.1. The number of hydrogen-bond donors (Lipinski definition) is 0. The van der Waals surface area contributed by atoms with Crippen LogP contribution >= 0.6 is 39.1 Å². The predicted molar refractivity (Wildman–Crippen MR) is 88.2 cm³/mol. The Morgan fingerprint density at radius 3 is 2.48 bits per heavy atom. The van der Waals surface area contributed by atoms with Crippen molar-refractivity contribution in [3.8, 4) is 0 Å². The van der Waals surface area contributed by atoms with Crippen molar-refractivity contribution in [3.63, 3.8) is 0 Å². The van der Waals surface area contributed by atoms with E-state index in [4.69, 9.17) is 32.7 Å². The van der Waals surface area contributed by atoms with Crippen LogP contribution in [0.15, 0.2) is 48.5 Å². The third-order valence-electron chi connectivity index (χ3n) is 3.51. The van der Waals surface area contributed by atoms with Gasteiger partial charge in [0.1, 0.15) is 6.10 Å². The average Bonchev–Trinajstić information content (AvgIpc) is 2.94. The lowest BCUT2D eigenvalue weighted by atomic mass is 10.1. The van der Waals surface area contributed by atoms with Crippen molar-refractivity contribution in [2.75, 3.05) is 11.9 Å². The molecule has 0 amide bonds. The molecule has 5 heteroatoms. The van der Waals surface area contributed by atoms with Gasteiger partial charge in [-0.3, -0.25) is 0 Å². The van der Waals surface area contributed by atoms with Crippen molar-refractivity contribution in [3.05, 3.63) is 69.7 Å². The summed E-state index contributed by atoms with van der Waals surface area (Å²) in [6.07, 6.45) is -0.188. The first-order valence-corrected chi connectivity index (χ1v) is 8.40. The molecule has 2 aromatic carbocycles. The number of rotatable bonds is 3. The van der Waals surface area contributed by atoms with Crippen LogP contribution in [0.1, 0.15) is 17.2 Å². The average molecular weight is 388 g/mol. The zero-order valence-electron chi connectivity index (χ0n) is 11.1. The van der Waals surface area contributed by atoms with Crippen LogP contribution in [-0.2, 0) is 15.3 Å². The van der Waals surface area contributed by atoms with Gasteiger partial charge in [0, 0.05) is 21.2 Å². The summed E-state index contributed by atoms with van der Waals surface area (Å²) < 4.78 is 12.2. The summed E-state index contributed by atoms with van der Waals surface area (Å²) in [7, 11) is 0. The normalized spacial score (nSPS) is 25.2. The molecule has 0 saturated carbocycles. The summed E-state index contributed by atoms with van der Waals surface area (Å²) in [4.78, 5) is 0. The third kappa shape index (κ3) is 2.99. The lowest BCUT2D eigenvalue weighted by Crippen LogP contribution is -2.29. The molecule has 2 nitrogen and oxygen atoms in total. The lowest BCUT2D eigenvalue weighted by Gasteiger charge is -2.26. The molecule has 0 spiro atoms. The fourth-order valence-corrected chi connectivity index (χ4v) is 3.40. The van der Waals surface area contributed by atoms with Gasteiger partial charge in [0.05, 0.1) is 11.9 Å². The van der Waals surface area contributed by atoms with E-state index < -0.39 is 5.79 Å². The Bertz CT molecular complexity index is 632. The molecule has 1 aliphatic rings. The third-order valence-corrected chi connectivity index (χ3v) is 4.85. The largest absolute Gasteiger partial charge is 0.342 e. The topological polar surface area (TPSA) is 18.5 Å². The number of alkyl halides is 1. The highest BCUT2D eigenvalue weighted by atomic mass is 79.9. The van der Waals surface area contributed by atoms with Crippen molar-refractivity contribution in [2.24, 2.45) is 0 Å². The molecule has 0 radical (unpaired) electrons. The Balaban J connectivity index is 1.90. The minimum atomic E-state index is -0.811. The fraction of sp³-hybridized carbons (Fsp3) is 0.250. The Morgan fingerprint density at radius 2 is 1.81 bits per heavy atom. The van der Waals surface area contributed by atoms with Gasteiger partial charge < -0.3 is 9.47 Å². The second kappa shape index (κ2) is 6.27. The summed E-state index contributed by atoms with van der Waals surface area (Å²) in [6, 6.07) is 15.2. The molecule has 1 heterocycles. The molecular formula is C16H13BrCl2O2. The van der Waals surface area contributed by atoms with Crippen LogP contribution in [0.25, 0.3) is 0 Å². The van der Waals surface area contributed by atoms with Gasteiger partial charge in [-0.05, 0) is 18.2 Å². The first-order valence-electron chi connectivity index (χ1n) is 6.53. The van der Waals surface area contributed by atoms with Gasteiger partial charge in [0.2, 0.25) is 5.79 Å². The highest BCUT2D eigenvalue weighted by Crippen LogP contribution is 2.43. The molecule has 21 heavy (non-hydrogen) atoms. The Labute approximate surface area is 142 Å². The van der Waals surface area contributed by atoms with Gasteiger partial charge in [-0.2, -0.15) is 0 Å². The summed E-state index contributed by atoms with van der Waals surface area (Å²) >= 11 is 15.7. The van der Waals surface area contributed by atoms with Crippen LogP contribution in [0.4, 0.5) is 0 Å². The van der Waals surface area contributed by atoms with Crippen LogP contribution in [0, 0.1) is 0 Å². The predicted octanol–water partition coefficient (Wildman–Crippen LogP) is 5.33. The van der Waals surface area contributed by atoms with Crippen LogP contribution in [0.5, 0.6) is 0 Å². The van der Waals surface area contributed by atoms with Gasteiger partial charge in [-0.15, -0.1) is 0 Å². The molecule has 1 saturated heterocycles. The van der Waals surface area contributed by atoms with Gasteiger partial charge in [0.15, 0.2) is 0 Å². The van der Waals surface area contributed by atoms with Gasteiger partial charge in [-0.25, -0.2) is 0 Å². The fourth-order valence-electron chi connectivity index (χ4n) is 2.40. The van der Waals surface area contributed by atoms with Crippen molar-refractivity contribution in [1.82, 2.24) is 0 Å². The molecule has 3 rings (SSSR count). The lowest BCUT2D eigenvalue weighted by molar-refractivity contribution is -0.157. The summed E-state index contributed by atoms with van der Waals surface area (Å²) in [6.45, 7) is 0.456. The Morgan fingerprint density at radius 1 is 1.10 bits per heavy atom. The van der Waals surface area contributed by atoms with E-state index in [-0.39, 0.29) is 6.10 Å². The van der Waals surface area contributed by atoms with Gasteiger partial charge >= 0.3 is 0 Å². The molecule has 110 valence electrons. The quantitative estimate of drug-likeness (QED) is 0.662. The van der Waals surface area contributed by atoms with Crippen molar-refractivity contribution < 1.29 is 9.47 Å². The molecule has 0 unspecified atom stereocenters. The minimum Gasteiger partial charge on any atom is -0.342 e. The summed E-state index contributed by atoms with van der Waals surface area (Å²) in [5.41, 5.74) is 1.87. The van der Waals surface area contributed by atoms with E-state index in [9.17, 15) is 0 Å². The maximum absolute atomic E-state index is 6.24. The smallest absolute Gasteiger partial charge is 0.205 e.